The van der Waals surface area contributed by atoms with Crippen molar-refractivity contribution in [1.82, 2.24) is 0 Å². The predicted molar refractivity (Wildman–Crippen MR) is 71.6 cm³/mol. The highest BCUT2D eigenvalue weighted by Gasteiger charge is 2.14. The van der Waals surface area contributed by atoms with Crippen molar-refractivity contribution in [2.45, 2.75) is 20.3 Å². The van der Waals surface area contributed by atoms with Crippen molar-refractivity contribution in [3.8, 4) is 0 Å². The summed E-state index contributed by atoms with van der Waals surface area (Å²) in [6.07, 6.45) is 2.20. The van der Waals surface area contributed by atoms with Gasteiger partial charge in [0.1, 0.15) is 5.76 Å². The molecule has 0 saturated heterocycles. The zero-order valence-electron chi connectivity index (χ0n) is 10.5. The quantitative estimate of drug-likeness (QED) is 0.815. The molecule has 1 amide bonds. The first-order valence-electron chi connectivity index (χ1n) is 5.85. The lowest BCUT2D eigenvalue weighted by molar-refractivity contribution is 0.102. The fourth-order valence-corrected chi connectivity index (χ4v) is 1.80. The van der Waals surface area contributed by atoms with Gasteiger partial charge in [-0.05, 0) is 30.7 Å². The van der Waals surface area contributed by atoms with Crippen LogP contribution >= 0.6 is 0 Å². The number of amides is 1. The molecular weight excluding hydrogens is 228 g/mol. The van der Waals surface area contributed by atoms with Crippen LogP contribution in [0.1, 0.15) is 28.6 Å². The van der Waals surface area contributed by atoms with Gasteiger partial charge >= 0.3 is 0 Å². The molecule has 3 N–H and O–H groups in total. The van der Waals surface area contributed by atoms with E-state index in [1.807, 2.05) is 26.0 Å². The average molecular weight is 244 g/mol. The van der Waals surface area contributed by atoms with Crippen LogP contribution in [0.4, 0.5) is 11.4 Å². The Morgan fingerprint density at radius 2 is 2.17 bits per heavy atom. The predicted octanol–water partition coefficient (Wildman–Crippen LogP) is 2.98. The van der Waals surface area contributed by atoms with Crippen molar-refractivity contribution < 1.29 is 9.21 Å². The molecule has 0 saturated carbocycles. The summed E-state index contributed by atoms with van der Waals surface area (Å²) in [6.45, 7) is 3.89. The summed E-state index contributed by atoms with van der Waals surface area (Å²) in [5, 5.41) is 2.79. The van der Waals surface area contributed by atoms with E-state index in [2.05, 4.69) is 5.32 Å². The van der Waals surface area contributed by atoms with E-state index in [9.17, 15) is 4.79 Å². The maximum Gasteiger partial charge on any atom is 0.259 e. The molecule has 0 aliphatic rings. The number of carbonyl (C=O) groups excluding carboxylic acids is 1. The third kappa shape index (κ3) is 2.37. The molecule has 0 aliphatic carbocycles. The standard InChI is InChI=1S/C14H16N2O2/c1-3-13-10(6-7-18-13)14(17)16-12-5-4-9(2)8-11(12)15/h4-8H,3,15H2,1-2H3,(H,16,17). The van der Waals surface area contributed by atoms with Gasteiger partial charge in [-0.25, -0.2) is 0 Å². The third-order valence-electron chi connectivity index (χ3n) is 2.77. The summed E-state index contributed by atoms with van der Waals surface area (Å²) in [6, 6.07) is 7.20. The number of nitrogens with two attached hydrogens (primary N) is 1. The minimum atomic E-state index is -0.198. The zero-order chi connectivity index (χ0) is 13.1. The Balaban J connectivity index is 2.21. The lowest BCUT2D eigenvalue weighted by Crippen LogP contribution is -2.14. The molecule has 1 aromatic heterocycles. The summed E-state index contributed by atoms with van der Waals surface area (Å²) in [7, 11) is 0. The number of hydrogen-bond donors (Lipinski definition) is 2. The van der Waals surface area contributed by atoms with E-state index in [0.29, 0.717) is 29.1 Å². The minimum absolute atomic E-state index is 0.198. The van der Waals surface area contributed by atoms with E-state index in [1.165, 1.54) is 6.26 Å². The van der Waals surface area contributed by atoms with Gasteiger partial charge in [0.05, 0.1) is 23.2 Å². The summed E-state index contributed by atoms with van der Waals surface area (Å²) in [4.78, 5) is 12.1. The van der Waals surface area contributed by atoms with Gasteiger partial charge in [-0.1, -0.05) is 13.0 Å². The lowest BCUT2D eigenvalue weighted by atomic mass is 10.1. The van der Waals surface area contributed by atoms with Gasteiger partial charge in [-0.2, -0.15) is 0 Å². The largest absolute Gasteiger partial charge is 0.469 e. The van der Waals surface area contributed by atoms with Gasteiger partial charge in [0.25, 0.3) is 5.91 Å². The van der Waals surface area contributed by atoms with E-state index in [4.69, 9.17) is 10.2 Å². The van der Waals surface area contributed by atoms with Crippen LogP contribution in [-0.2, 0) is 6.42 Å². The maximum atomic E-state index is 12.1. The number of hydrogen-bond acceptors (Lipinski definition) is 3. The van der Waals surface area contributed by atoms with Crippen LogP contribution in [-0.4, -0.2) is 5.91 Å². The summed E-state index contributed by atoms with van der Waals surface area (Å²) in [5.41, 5.74) is 8.65. The molecule has 0 radical (unpaired) electrons. The molecule has 4 heteroatoms. The Morgan fingerprint density at radius 1 is 1.39 bits per heavy atom. The normalized spacial score (nSPS) is 10.3. The van der Waals surface area contributed by atoms with Crippen LogP contribution in [0.25, 0.3) is 0 Å². The molecule has 4 nitrogen and oxygen atoms in total. The Labute approximate surface area is 106 Å². The average Bonchev–Trinajstić information content (AvgIpc) is 2.81. The first-order chi connectivity index (χ1) is 8.61. The summed E-state index contributed by atoms with van der Waals surface area (Å²) >= 11 is 0. The first-order valence-corrected chi connectivity index (χ1v) is 5.85. The van der Waals surface area contributed by atoms with Crippen LogP contribution < -0.4 is 11.1 Å². The molecule has 0 bridgehead atoms. The third-order valence-corrected chi connectivity index (χ3v) is 2.77. The van der Waals surface area contributed by atoms with E-state index in [0.717, 1.165) is 5.56 Å². The number of benzene rings is 1. The fraction of sp³-hybridized carbons (Fsp3) is 0.214. The number of nitrogens with one attached hydrogen (secondary N) is 1. The molecule has 1 heterocycles. The fourth-order valence-electron chi connectivity index (χ4n) is 1.80. The number of furan rings is 1. The number of rotatable bonds is 3. The summed E-state index contributed by atoms with van der Waals surface area (Å²) < 4.78 is 5.23. The number of carbonyl (C=O) groups is 1. The number of nitrogen functional groups attached to an aromatic ring is 1. The monoisotopic (exact) mass is 244 g/mol. The van der Waals surface area contributed by atoms with Crippen molar-refractivity contribution in [3.05, 3.63) is 47.4 Å². The van der Waals surface area contributed by atoms with Crippen LogP contribution in [0.3, 0.4) is 0 Å². The minimum Gasteiger partial charge on any atom is -0.469 e. The SMILES string of the molecule is CCc1occc1C(=O)Nc1ccc(C)cc1N. The molecular formula is C14H16N2O2. The Kier molecular flexibility index (Phi) is 3.37. The lowest BCUT2D eigenvalue weighted by Gasteiger charge is -2.08. The van der Waals surface area contributed by atoms with Gasteiger partial charge in [0.15, 0.2) is 0 Å². The molecule has 0 aliphatic heterocycles. The molecule has 94 valence electrons. The smallest absolute Gasteiger partial charge is 0.259 e. The molecule has 2 rings (SSSR count). The molecule has 1 aromatic carbocycles. The zero-order valence-corrected chi connectivity index (χ0v) is 10.5. The number of anilines is 2. The van der Waals surface area contributed by atoms with E-state index in [1.54, 1.807) is 12.1 Å². The molecule has 0 fully saturated rings. The van der Waals surface area contributed by atoms with Crippen molar-refractivity contribution in [2.75, 3.05) is 11.1 Å². The van der Waals surface area contributed by atoms with E-state index < -0.39 is 0 Å². The van der Waals surface area contributed by atoms with Gasteiger partial charge in [-0.15, -0.1) is 0 Å². The van der Waals surface area contributed by atoms with Crippen LogP contribution in [0, 0.1) is 6.92 Å². The topological polar surface area (TPSA) is 68.3 Å². The van der Waals surface area contributed by atoms with Crippen molar-refractivity contribution in [3.63, 3.8) is 0 Å². The Bertz CT molecular complexity index is 573. The second-order valence-electron chi connectivity index (χ2n) is 4.16. The van der Waals surface area contributed by atoms with Crippen molar-refractivity contribution >= 4 is 17.3 Å². The highest BCUT2D eigenvalue weighted by Crippen LogP contribution is 2.21. The molecule has 0 spiro atoms. The van der Waals surface area contributed by atoms with E-state index >= 15 is 0 Å². The highest BCUT2D eigenvalue weighted by molar-refractivity contribution is 6.06. The first kappa shape index (κ1) is 12.2. The molecule has 0 atom stereocenters. The summed E-state index contributed by atoms with van der Waals surface area (Å²) in [5.74, 6) is 0.481. The maximum absolute atomic E-state index is 12.1. The van der Waals surface area contributed by atoms with E-state index in [-0.39, 0.29) is 5.91 Å². The van der Waals surface area contributed by atoms with Gasteiger partial charge in [0.2, 0.25) is 0 Å². The number of aryl methyl sites for hydroxylation is 2. The van der Waals surface area contributed by atoms with Crippen LogP contribution in [0.2, 0.25) is 0 Å². The van der Waals surface area contributed by atoms with Crippen LogP contribution in [0.15, 0.2) is 34.9 Å². The molecule has 2 aromatic rings. The second-order valence-corrected chi connectivity index (χ2v) is 4.16. The van der Waals surface area contributed by atoms with Gasteiger partial charge < -0.3 is 15.5 Å². The molecule has 18 heavy (non-hydrogen) atoms. The van der Waals surface area contributed by atoms with Gasteiger partial charge in [0, 0.05) is 6.42 Å². The molecule has 0 unspecified atom stereocenters. The Morgan fingerprint density at radius 3 is 2.83 bits per heavy atom. The van der Waals surface area contributed by atoms with Crippen LogP contribution in [0.5, 0.6) is 0 Å². The van der Waals surface area contributed by atoms with Crippen molar-refractivity contribution in [2.24, 2.45) is 0 Å². The van der Waals surface area contributed by atoms with Crippen molar-refractivity contribution in [1.29, 1.82) is 0 Å². The van der Waals surface area contributed by atoms with Gasteiger partial charge in [-0.3, -0.25) is 4.79 Å². The highest BCUT2D eigenvalue weighted by atomic mass is 16.3. The second kappa shape index (κ2) is 4.96. The Hall–Kier alpha value is -2.23.